The van der Waals surface area contributed by atoms with E-state index in [-0.39, 0.29) is 0 Å². The van der Waals surface area contributed by atoms with Crippen LogP contribution in [0, 0.1) is 0 Å². The summed E-state index contributed by atoms with van der Waals surface area (Å²) in [6.07, 6.45) is 0. The van der Waals surface area contributed by atoms with Crippen LogP contribution in [-0.2, 0) is 0 Å². The van der Waals surface area contributed by atoms with Gasteiger partial charge in [0.15, 0.2) is 0 Å². The van der Waals surface area contributed by atoms with Crippen LogP contribution in [0.25, 0.3) is 0 Å². The Kier molecular flexibility index (Phi) is 1.82. The number of para-hydroxylation sites is 1. The predicted molar refractivity (Wildman–Crippen MR) is 53.4 cm³/mol. The second kappa shape index (κ2) is 2.57. The largest absolute Gasteiger partial charge is 0.348 e. The van der Waals surface area contributed by atoms with E-state index < -0.39 is 3.24 Å². The molecule has 11 heavy (non-hydrogen) atoms. The van der Waals surface area contributed by atoms with E-state index in [1.165, 1.54) is 4.90 Å². The molecule has 0 saturated carbocycles. The molecule has 0 saturated heterocycles. The normalized spacial score (nSPS) is 27.8. The van der Waals surface area contributed by atoms with Crippen molar-refractivity contribution < 1.29 is 0 Å². The lowest BCUT2D eigenvalue weighted by Gasteiger charge is -2.10. The fraction of sp³-hybridized carbons (Fsp3) is 0.143. The van der Waals surface area contributed by atoms with Crippen molar-refractivity contribution in [1.29, 1.82) is 0 Å². The van der Waals surface area contributed by atoms with E-state index in [1.54, 1.807) is 11.8 Å². The van der Waals surface area contributed by atoms with Gasteiger partial charge >= 0.3 is 0 Å². The monoisotopic (exact) mass is 249 g/mol. The number of nitrogens with one attached hydrogen (secondary N) is 1. The number of fused-ring (bicyclic) bond motifs is 1. The first-order chi connectivity index (χ1) is 5.17. The summed E-state index contributed by atoms with van der Waals surface area (Å²) in [7, 11) is 0. The minimum absolute atomic E-state index is 0.545. The molecule has 0 aliphatic carbocycles. The Hall–Kier alpha value is 0.140. The molecule has 1 unspecified atom stereocenters. The molecule has 0 spiro atoms. The lowest BCUT2D eigenvalue weighted by Crippen LogP contribution is -2.12. The van der Waals surface area contributed by atoms with Crippen molar-refractivity contribution in [3.8, 4) is 0 Å². The molecule has 1 atom stereocenters. The number of thioether (sulfide) groups is 1. The Bertz CT molecular complexity index is 263. The van der Waals surface area contributed by atoms with Crippen molar-refractivity contribution >= 4 is 45.0 Å². The maximum absolute atomic E-state index is 6.00. The Morgan fingerprint density at radius 3 is 2.91 bits per heavy atom. The molecule has 58 valence electrons. The number of rotatable bonds is 0. The van der Waals surface area contributed by atoms with E-state index in [0.29, 0.717) is 0 Å². The molecule has 1 nitrogen and oxygen atoms in total. The third-order valence-electron chi connectivity index (χ3n) is 1.41. The highest BCUT2D eigenvalue weighted by molar-refractivity contribution is 9.12. The van der Waals surface area contributed by atoms with Crippen LogP contribution in [0.3, 0.4) is 0 Å². The van der Waals surface area contributed by atoms with Crippen LogP contribution in [0.5, 0.6) is 0 Å². The zero-order valence-electron chi connectivity index (χ0n) is 5.47. The minimum atomic E-state index is -0.545. The Morgan fingerprint density at radius 1 is 1.45 bits per heavy atom. The molecule has 1 N–H and O–H groups in total. The zero-order chi connectivity index (χ0) is 7.90. The summed E-state index contributed by atoms with van der Waals surface area (Å²) in [6.45, 7) is 0. The van der Waals surface area contributed by atoms with Crippen molar-refractivity contribution in [1.82, 2.24) is 0 Å². The molecule has 4 heteroatoms. The van der Waals surface area contributed by atoms with Gasteiger partial charge < -0.3 is 5.32 Å². The lowest BCUT2D eigenvalue weighted by atomic mass is 10.3. The smallest absolute Gasteiger partial charge is 0.220 e. The molecule has 1 aromatic rings. The van der Waals surface area contributed by atoms with Crippen molar-refractivity contribution in [3.63, 3.8) is 0 Å². The van der Waals surface area contributed by atoms with E-state index in [0.717, 1.165) is 5.69 Å². The molecular formula is C7H5BrClNS. The van der Waals surface area contributed by atoms with Crippen LogP contribution in [-0.4, -0.2) is 3.24 Å². The highest BCUT2D eigenvalue weighted by Crippen LogP contribution is 2.50. The second-order valence-corrected chi connectivity index (χ2v) is 6.46. The number of hydrogen-bond donors (Lipinski definition) is 1. The van der Waals surface area contributed by atoms with Crippen LogP contribution >= 0.6 is 39.3 Å². The van der Waals surface area contributed by atoms with Gasteiger partial charge in [0.1, 0.15) is 0 Å². The summed E-state index contributed by atoms with van der Waals surface area (Å²) >= 11 is 10.9. The fourth-order valence-electron chi connectivity index (χ4n) is 0.979. The predicted octanol–water partition coefficient (Wildman–Crippen LogP) is 3.45. The molecule has 0 radical (unpaired) electrons. The number of anilines is 1. The number of hydrogen-bond acceptors (Lipinski definition) is 2. The van der Waals surface area contributed by atoms with Gasteiger partial charge in [-0.05, 0) is 28.1 Å². The van der Waals surface area contributed by atoms with Crippen LogP contribution in [0.1, 0.15) is 0 Å². The number of benzene rings is 1. The third-order valence-corrected chi connectivity index (χ3v) is 3.35. The van der Waals surface area contributed by atoms with E-state index in [1.807, 2.05) is 24.3 Å². The quantitative estimate of drug-likeness (QED) is 0.559. The van der Waals surface area contributed by atoms with Gasteiger partial charge in [0, 0.05) is 4.90 Å². The van der Waals surface area contributed by atoms with Crippen LogP contribution in [0.2, 0.25) is 0 Å². The van der Waals surface area contributed by atoms with Gasteiger partial charge in [0.05, 0.1) is 5.69 Å². The number of halogens is 2. The van der Waals surface area contributed by atoms with E-state index in [4.69, 9.17) is 11.6 Å². The molecule has 0 fully saturated rings. The van der Waals surface area contributed by atoms with Gasteiger partial charge in [-0.25, -0.2) is 0 Å². The molecule has 0 bridgehead atoms. The average molecular weight is 251 g/mol. The zero-order valence-corrected chi connectivity index (χ0v) is 8.63. The summed E-state index contributed by atoms with van der Waals surface area (Å²) in [5.74, 6) is 0. The highest BCUT2D eigenvalue weighted by atomic mass is 79.9. The lowest BCUT2D eigenvalue weighted by molar-refractivity contribution is 1.34. The highest BCUT2D eigenvalue weighted by Gasteiger charge is 2.32. The first-order valence-electron chi connectivity index (χ1n) is 3.11. The van der Waals surface area contributed by atoms with Crippen LogP contribution in [0.15, 0.2) is 29.2 Å². The van der Waals surface area contributed by atoms with Gasteiger partial charge in [0.2, 0.25) is 3.24 Å². The minimum Gasteiger partial charge on any atom is -0.348 e. The fourth-order valence-corrected chi connectivity index (χ4v) is 2.88. The van der Waals surface area contributed by atoms with Crippen molar-refractivity contribution in [2.75, 3.05) is 5.32 Å². The van der Waals surface area contributed by atoms with Gasteiger partial charge in [-0.1, -0.05) is 35.5 Å². The van der Waals surface area contributed by atoms with Crippen LogP contribution in [0.4, 0.5) is 5.69 Å². The van der Waals surface area contributed by atoms with E-state index in [2.05, 4.69) is 21.2 Å². The van der Waals surface area contributed by atoms with Gasteiger partial charge in [-0.3, -0.25) is 0 Å². The van der Waals surface area contributed by atoms with E-state index >= 15 is 0 Å². The van der Waals surface area contributed by atoms with Crippen molar-refractivity contribution in [2.45, 2.75) is 8.13 Å². The second-order valence-electron chi connectivity index (χ2n) is 2.24. The Morgan fingerprint density at radius 2 is 2.18 bits per heavy atom. The first kappa shape index (κ1) is 7.77. The Balaban J connectivity index is 2.41. The van der Waals surface area contributed by atoms with Gasteiger partial charge in [-0.2, -0.15) is 0 Å². The third kappa shape index (κ3) is 1.50. The molecule has 0 amide bonds. The van der Waals surface area contributed by atoms with Crippen LogP contribution < -0.4 is 5.32 Å². The number of alkyl halides is 2. The summed E-state index contributed by atoms with van der Waals surface area (Å²) < 4.78 is -0.545. The topological polar surface area (TPSA) is 12.0 Å². The molecular weight excluding hydrogens is 246 g/mol. The summed E-state index contributed by atoms with van der Waals surface area (Å²) in [4.78, 5) is 1.18. The van der Waals surface area contributed by atoms with Crippen molar-refractivity contribution in [2.24, 2.45) is 0 Å². The van der Waals surface area contributed by atoms with Crippen molar-refractivity contribution in [3.05, 3.63) is 24.3 Å². The van der Waals surface area contributed by atoms with Gasteiger partial charge in [-0.15, -0.1) is 0 Å². The summed E-state index contributed by atoms with van der Waals surface area (Å²) in [6, 6.07) is 8.03. The van der Waals surface area contributed by atoms with E-state index in [9.17, 15) is 0 Å². The maximum Gasteiger partial charge on any atom is 0.220 e. The summed E-state index contributed by atoms with van der Waals surface area (Å²) in [5.41, 5.74) is 1.09. The molecule has 1 aliphatic rings. The molecule has 0 aromatic heterocycles. The molecule has 1 heterocycles. The standard InChI is InChI=1S/C7H5BrClNS/c8-7(9)10-5-3-1-2-4-6(5)11-7/h1-4,10H. The summed E-state index contributed by atoms with van der Waals surface area (Å²) in [5, 5.41) is 3.12. The SMILES string of the molecule is ClC1(Br)Nc2ccccc2S1. The molecule has 2 rings (SSSR count). The first-order valence-corrected chi connectivity index (χ1v) is 5.10. The maximum atomic E-state index is 6.00. The molecule has 1 aromatic carbocycles. The van der Waals surface area contributed by atoms with Gasteiger partial charge in [0.25, 0.3) is 0 Å². The average Bonchev–Trinajstić information content (AvgIpc) is 2.21. The Labute approximate surface area is 82.6 Å². The molecule has 1 aliphatic heterocycles.